The monoisotopic (exact) mass is 422 g/mol. The fraction of sp³-hybridized carbons (Fsp3) is 0.917. The molecule has 4 fully saturated rings. The number of fused-ring (bicyclic) bond motifs is 5. The van der Waals surface area contributed by atoms with Crippen molar-refractivity contribution in [2.45, 2.75) is 85.2 Å². The van der Waals surface area contributed by atoms with Gasteiger partial charge >= 0.3 is 5.97 Å². The number of aliphatic carboxylic acids is 1. The maximum Gasteiger partial charge on any atom is 0.306 e. The predicted octanol–water partition coefficient (Wildman–Crippen LogP) is 5.36. The Morgan fingerprint density at radius 2 is 1.79 bits per heavy atom. The molecule has 0 aromatic rings. The van der Waals surface area contributed by atoms with Crippen molar-refractivity contribution < 1.29 is 19.2 Å². The van der Waals surface area contributed by atoms with Crippen LogP contribution >= 0.6 is 9.47 Å². The second-order valence-electron chi connectivity index (χ2n) is 11.2. The summed E-state index contributed by atoms with van der Waals surface area (Å²) in [4.78, 5) is 25.7. The van der Waals surface area contributed by atoms with Crippen molar-refractivity contribution in [3.63, 3.8) is 0 Å². The Hall–Kier alpha value is -0.470. The van der Waals surface area contributed by atoms with Gasteiger partial charge in [0.05, 0.1) is 12.0 Å². The smallest absolute Gasteiger partial charge is 0.306 e. The molecule has 4 aliphatic carbocycles. The third-order valence-electron chi connectivity index (χ3n) is 10.4. The number of Topliss-reactive ketones (excluding diaryl/α,β-unsaturated/α-hetero) is 1. The van der Waals surface area contributed by atoms with Crippen molar-refractivity contribution >= 4 is 21.2 Å². The summed E-state index contributed by atoms with van der Waals surface area (Å²) in [6, 6.07) is 0. The van der Waals surface area contributed by atoms with Gasteiger partial charge in [-0.25, -0.2) is 0 Å². The molecule has 0 saturated heterocycles. The topological polar surface area (TPSA) is 63.6 Å². The normalized spacial score (nSPS) is 50.4. The van der Waals surface area contributed by atoms with E-state index in [-0.39, 0.29) is 40.6 Å². The third kappa shape index (κ3) is 3.06. The quantitative estimate of drug-likeness (QED) is 0.620. The minimum Gasteiger partial charge on any atom is -0.481 e. The Kier molecular flexibility index (Phi) is 5.69. The Morgan fingerprint density at radius 3 is 2.41 bits per heavy atom. The molecule has 4 aliphatic rings. The van der Waals surface area contributed by atoms with Gasteiger partial charge in [-0.1, -0.05) is 27.7 Å². The summed E-state index contributed by atoms with van der Waals surface area (Å²) in [5, 5.41) is 9.67. The number of rotatable bonds is 4. The lowest BCUT2D eigenvalue weighted by Crippen LogP contribution is -2.60. The lowest BCUT2D eigenvalue weighted by atomic mass is 9.42. The molecule has 0 aliphatic heterocycles. The molecule has 29 heavy (non-hydrogen) atoms. The van der Waals surface area contributed by atoms with Gasteiger partial charge in [-0.15, -0.1) is 0 Å². The molecular formula is C24H39O4P. The number of carbonyl (C=O) groups excluding carboxylic acids is 1. The molecule has 0 amide bonds. The summed E-state index contributed by atoms with van der Waals surface area (Å²) in [7, 11) is 2.44. The summed E-state index contributed by atoms with van der Waals surface area (Å²) in [6.45, 7) is 8.84. The third-order valence-corrected chi connectivity index (χ3v) is 10.7. The van der Waals surface area contributed by atoms with Crippen LogP contribution in [0.2, 0.25) is 0 Å². The van der Waals surface area contributed by atoms with Crippen LogP contribution in [-0.2, 0) is 14.1 Å². The number of hydrogen-bond acceptors (Lipinski definition) is 3. The van der Waals surface area contributed by atoms with Crippen LogP contribution < -0.4 is 0 Å². The van der Waals surface area contributed by atoms with Crippen LogP contribution in [0.25, 0.3) is 0 Å². The van der Waals surface area contributed by atoms with E-state index in [0.717, 1.165) is 51.4 Å². The highest BCUT2D eigenvalue weighted by Crippen LogP contribution is 2.68. The summed E-state index contributed by atoms with van der Waals surface area (Å²) >= 11 is 0. The van der Waals surface area contributed by atoms with Crippen molar-refractivity contribution in [1.29, 1.82) is 0 Å². The van der Waals surface area contributed by atoms with Gasteiger partial charge in [-0.05, 0) is 85.9 Å². The molecule has 0 aromatic heterocycles. The van der Waals surface area contributed by atoms with Crippen molar-refractivity contribution in [2.24, 2.45) is 52.3 Å². The van der Waals surface area contributed by atoms with E-state index in [2.05, 4.69) is 30.2 Å². The minimum absolute atomic E-state index is 0.00348. The van der Waals surface area contributed by atoms with Crippen LogP contribution in [-0.4, -0.2) is 23.0 Å². The van der Waals surface area contributed by atoms with Gasteiger partial charge in [0.1, 0.15) is 5.78 Å². The lowest BCUT2D eigenvalue weighted by Gasteiger charge is -2.62. The fourth-order valence-electron chi connectivity index (χ4n) is 8.78. The van der Waals surface area contributed by atoms with E-state index in [9.17, 15) is 14.7 Å². The van der Waals surface area contributed by atoms with Crippen LogP contribution in [0.5, 0.6) is 0 Å². The zero-order chi connectivity index (χ0) is 21.1. The van der Waals surface area contributed by atoms with Gasteiger partial charge < -0.3 is 9.63 Å². The van der Waals surface area contributed by atoms with E-state index in [1.165, 1.54) is 0 Å². The Bertz CT molecular complexity index is 680. The molecule has 4 saturated carbocycles. The number of carboxylic acid groups (broad SMARTS) is 1. The SMILES string of the molecule is CC[C@H]1C(=O)[C@@H]2[C@H](CC[C@]3(C)C([C@H](C)C(=O)O)CC[C@@H]23)[C@@]2(C)CC[C@@H](OP)C[C@@H]12. The average Bonchev–Trinajstić information content (AvgIpc) is 3.04. The maximum atomic E-state index is 13.9. The second-order valence-corrected chi connectivity index (χ2v) is 11.4. The largest absolute Gasteiger partial charge is 0.481 e. The summed E-state index contributed by atoms with van der Waals surface area (Å²) < 4.78 is 5.65. The number of hydrogen-bond donors (Lipinski definition) is 1. The summed E-state index contributed by atoms with van der Waals surface area (Å²) in [6.07, 6.45) is 8.59. The van der Waals surface area contributed by atoms with E-state index in [0.29, 0.717) is 23.5 Å². The molecule has 0 aromatic carbocycles. The molecule has 11 atom stereocenters. The highest BCUT2D eigenvalue weighted by molar-refractivity contribution is 7.09. The van der Waals surface area contributed by atoms with Crippen LogP contribution in [0.3, 0.4) is 0 Å². The molecule has 4 rings (SSSR count). The first-order valence-corrected chi connectivity index (χ1v) is 12.3. The molecule has 0 spiro atoms. The fourth-order valence-corrected chi connectivity index (χ4v) is 9.02. The molecule has 0 bridgehead atoms. The van der Waals surface area contributed by atoms with Crippen molar-refractivity contribution in [2.75, 3.05) is 0 Å². The van der Waals surface area contributed by atoms with Crippen molar-refractivity contribution in [3.05, 3.63) is 0 Å². The molecule has 1 N–H and O–H groups in total. The van der Waals surface area contributed by atoms with E-state index in [1.54, 1.807) is 0 Å². The van der Waals surface area contributed by atoms with Crippen molar-refractivity contribution in [3.8, 4) is 0 Å². The van der Waals surface area contributed by atoms with E-state index < -0.39 is 5.97 Å². The number of carboxylic acids is 1. The van der Waals surface area contributed by atoms with E-state index >= 15 is 0 Å². The van der Waals surface area contributed by atoms with Gasteiger partial charge in [0, 0.05) is 21.3 Å². The Labute approximate surface area is 178 Å². The number of ketones is 1. The standard InChI is InChI=1S/C24H39O4P/c1-5-15-19-12-14(28-29)8-10-24(19,4)18-9-11-23(3)16(13(2)22(26)27)6-7-17(23)20(18)21(15)25/h13-20H,5-12,29H2,1-4H3,(H,26,27)/t13-,14+,15+,16?,17-,18-,19-,20-,23+,24+/m0/s1. The highest BCUT2D eigenvalue weighted by atomic mass is 31.0. The summed E-state index contributed by atoms with van der Waals surface area (Å²) in [5.74, 6) is 1.24. The molecular weight excluding hydrogens is 383 g/mol. The number of carbonyl (C=O) groups is 2. The molecule has 4 nitrogen and oxygen atoms in total. The molecule has 0 radical (unpaired) electrons. The molecule has 0 heterocycles. The highest BCUT2D eigenvalue weighted by Gasteiger charge is 2.65. The maximum absolute atomic E-state index is 13.9. The van der Waals surface area contributed by atoms with Gasteiger partial charge in [0.25, 0.3) is 0 Å². The van der Waals surface area contributed by atoms with Gasteiger partial charge in [-0.3, -0.25) is 9.59 Å². The zero-order valence-corrected chi connectivity index (χ0v) is 19.7. The molecule has 164 valence electrons. The van der Waals surface area contributed by atoms with E-state index in [4.69, 9.17) is 4.52 Å². The first-order valence-electron chi connectivity index (χ1n) is 11.8. The predicted molar refractivity (Wildman–Crippen MR) is 116 cm³/mol. The first kappa shape index (κ1) is 21.8. The minimum atomic E-state index is -0.678. The van der Waals surface area contributed by atoms with Crippen molar-refractivity contribution in [1.82, 2.24) is 0 Å². The molecule has 2 unspecified atom stereocenters. The van der Waals surface area contributed by atoms with E-state index in [1.807, 2.05) is 6.92 Å². The summed E-state index contributed by atoms with van der Waals surface area (Å²) in [5.41, 5.74) is 0.216. The Morgan fingerprint density at radius 1 is 1.14 bits per heavy atom. The van der Waals surface area contributed by atoms with Gasteiger partial charge in [0.2, 0.25) is 0 Å². The Balaban J connectivity index is 1.69. The zero-order valence-electron chi connectivity index (χ0n) is 18.5. The van der Waals surface area contributed by atoms with Gasteiger partial charge in [0.15, 0.2) is 0 Å². The molecule has 5 heteroatoms. The van der Waals surface area contributed by atoms with Crippen LogP contribution in [0, 0.1) is 52.3 Å². The second kappa shape index (κ2) is 7.59. The van der Waals surface area contributed by atoms with Crippen LogP contribution in [0.4, 0.5) is 0 Å². The first-order chi connectivity index (χ1) is 13.7. The van der Waals surface area contributed by atoms with Crippen LogP contribution in [0.15, 0.2) is 0 Å². The lowest BCUT2D eigenvalue weighted by molar-refractivity contribution is -0.172. The van der Waals surface area contributed by atoms with Crippen LogP contribution in [0.1, 0.15) is 79.1 Å². The average molecular weight is 423 g/mol. The van der Waals surface area contributed by atoms with Gasteiger partial charge in [-0.2, -0.15) is 0 Å².